The average molecular weight is 488 g/mol. The Morgan fingerprint density at radius 1 is 1.19 bits per heavy atom. The van der Waals surface area contributed by atoms with E-state index in [9.17, 15) is 9.59 Å². The number of carbonyl (C=O) groups is 2. The number of rotatable bonds is 10. The van der Waals surface area contributed by atoms with Gasteiger partial charge in [-0.3, -0.25) is 14.6 Å². The number of unbranched alkanes of at least 4 members (excludes halogenated alkanes) is 2. The van der Waals surface area contributed by atoms with Gasteiger partial charge in [-0.05, 0) is 38.3 Å². The number of ether oxygens (including phenoxy) is 1. The van der Waals surface area contributed by atoms with Crippen molar-refractivity contribution < 1.29 is 18.8 Å². The van der Waals surface area contributed by atoms with Gasteiger partial charge in [-0.15, -0.1) is 0 Å². The van der Waals surface area contributed by atoms with Crippen molar-refractivity contribution in [2.75, 3.05) is 7.11 Å². The Bertz CT molecular complexity index is 1390. The molecule has 9 heteroatoms. The van der Waals surface area contributed by atoms with Gasteiger partial charge in [-0.25, -0.2) is 4.98 Å². The summed E-state index contributed by atoms with van der Waals surface area (Å²) in [5.41, 5.74) is 3.35. The fraction of sp³-hybridized carbons (Fsp3) is 0.370. The Morgan fingerprint density at radius 2 is 2.08 bits per heavy atom. The van der Waals surface area contributed by atoms with Crippen molar-refractivity contribution in [1.29, 1.82) is 0 Å². The third kappa shape index (κ3) is 4.73. The first-order chi connectivity index (χ1) is 17.5. The van der Waals surface area contributed by atoms with Gasteiger partial charge in [0.25, 0.3) is 0 Å². The van der Waals surface area contributed by atoms with Crippen LogP contribution in [0.2, 0.25) is 0 Å². The second-order valence-electron chi connectivity index (χ2n) is 9.34. The minimum atomic E-state index is -0.547. The molecule has 3 aromatic heterocycles. The molecule has 1 amide bonds. The molecule has 2 N–H and O–H groups in total. The monoisotopic (exact) mass is 487 g/mol. The number of benzene rings is 1. The van der Waals surface area contributed by atoms with Crippen LogP contribution in [0.25, 0.3) is 22.2 Å². The van der Waals surface area contributed by atoms with Crippen LogP contribution in [-0.4, -0.2) is 38.9 Å². The number of fused-ring (bicyclic) bond motifs is 1. The van der Waals surface area contributed by atoms with Gasteiger partial charge in [0.2, 0.25) is 5.91 Å². The molecule has 186 valence electrons. The number of aromatic nitrogens is 4. The number of aryl methyl sites for hydroxylation is 1. The summed E-state index contributed by atoms with van der Waals surface area (Å²) in [6.07, 6.45) is 7.97. The summed E-state index contributed by atoms with van der Waals surface area (Å²) in [6, 6.07) is 9.60. The van der Waals surface area contributed by atoms with Gasteiger partial charge < -0.3 is 19.6 Å². The van der Waals surface area contributed by atoms with Gasteiger partial charge in [-0.2, -0.15) is 0 Å². The van der Waals surface area contributed by atoms with Crippen LogP contribution in [0.15, 0.2) is 47.3 Å². The number of methoxy groups -OCH3 is 1. The predicted octanol–water partition coefficient (Wildman–Crippen LogP) is 4.87. The van der Waals surface area contributed by atoms with Gasteiger partial charge in [0.1, 0.15) is 23.5 Å². The summed E-state index contributed by atoms with van der Waals surface area (Å²) in [5, 5.41) is 7.88. The number of pyridine rings is 1. The smallest absolute Gasteiger partial charge is 0.220 e. The number of hydrogen-bond donors (Lipinski definition) is 2. The Morgan fingerprint density at radius 3 is 2.83 bits per heavy atom. The van der Waals surface area contributed by atoms with Gasteiger partial charge >= 0.3 is 0 Å². The minimum Gasteiger partial charge on any atom is -0.496 e. The summed E-state index contributed by atoms with van der Waals surface area (Å²) in [4.78, 5) is 37.1. The maximum absolute atomic E-state index is 12.3. The number of nitrogens with zero attached hydrogens (tertiary/aromatic N) is 3. The largest absolute Gasteiger partial charge is 0.496 e. The van der Waals surface area contributed by atoms with Crippen LogP contribution >= 0.6 is 0 Å². The molecule has 1 atom stereocenters. The molecule has 9 nitrogen and oxygen atoms in total. The molecule has 1 saturated heterocycles. The van der Waals surface area contributed by atoms with Crippen LogP contribution in [0.3, 0.4) is 0 Å². The minimum absolute atomic E-state index is 0.0157. The molecular formula is C27H29N5O4. The highest BCUT2D eigenvalue weighted by Gasteiger charge is 2.41. The summed E-state index contributed by atoms with van der Waals surface area (Å²) in [6.45, 7) is 1.96. The first kappa shape index (κ1) is 23.7. The molecule has 4 aromatic rings. The number of amides is 1. The third-order valence-corrected chi connectivity index (χ3v) is 6.86. The average Bonchev–Trinajstić information content (AvgIpc) is 3.64. The highest BCUT2D eigenvalue weighted by molar-refractivity contribution is 5.93. The van der Waals surface area contributed by atoms with Crippen LogP contribution in [-0.2, 0) is 10.3 Å². The van der Waals surface area contributed by atoms with Crippen molar-refractivity contribution in [3.8, 4) is 17.0 Å². The van der Waals surface area contributed by atoms with E-state index in [1.807, 2.05) is 31.2 Å². The van der Waals surface area contributed by atoms with E-state index in [1.165, 1.54) is 6.26 Å². The van der Waals surface area contributed by atoms with Crippen LogP contribution in [0.1, 0.15) is 67.0 Å². The van der Waals surface area contributed by atoms with Crippen molar-refractivity contribution in [1.82, 2.24) is 25.4 Å². The molecule has 1 aromatic carbocycles. The number of hydrogen-bond acceptors (Lipinski definition) is 7. The highest BCUT2D eigenvalue weighted by atomic mass is 16.5. The predicted molar refractivity (Wildman–Crippen MR) is 134 cm³/mol. The summed E-state index contributed by atoms with van der Waals surface area (Å²) >= 11 is 0. The summed E-state index contributed by atoms with van der Waals surface area (Å²) < 4.78 is 10.4. The lowest BCUT2D eigenvalue weighted by Crippen LogP contribution is -2.39. The van der Waals surface area contributed by atoms with Crippen LogP contribution < -0.4 is 10.1 Å². The molecule has 0 unspecified atom stereocenters. The van der Waals surface area contributed by atoms with E-state index in [-0.39, 0.29) is 11.7 Å². The lowest BCUT2D eigenvalue weighted by molar-refractivity contribution is -0.120. The van der Waals surface area contributed by atoms with Crippen molar-refractivity contribution in [3.05, 3.63) is 60.0 Å². The molecule has 5 rings (SSSR count). The normalized spacial score (nSPS) is 17.4. The summed E-state index contributed by atoms with van der Waals surface area (Å²) in [7, 11) is 1.64. The zero-order chi connectivity index (χ0) is 25.1. The number of H-pyrrole nitrogens is 1. The van der Waals surface area contributed by atoms with Gasteiger partial charge in [0.05, 0.1) is 30.1 Å². The first-order valence-corrected chi connectivity index (χ1v) is 12.2. The molecule has 36 heavy (non-hydrogen) atoms. The molecule has 1 aliphatic rings. The Labute approximate surface area is 208 Å². The zero-order valence-corrected chi connectivity index (χ0v) is 20.5. The van der Waals surface area contributed by atoms with Crippen molar-refractivity contribution in [2.45, 2.75) is 57.4 Å². The zero-order valence-electron chi connectivity index (χ0n) is 20.5. The van der Waals surface area contributed by atoms with E-state index in [0.29, 0.717) is 30.7 Å². The number of carbonyl (C=O) groups excluding carboxylic acids is 2. The highest BCUT2D eigenvalue weighted by Crippen LogP contribution is 2.38. The molecule has 0 saturated carbocycles. The van der Waals surface area contributed by atoms with E-state index < -0.39 is 5.54 Å². The molecule has 0 bridgehead atoms. The lowest BCUT2D eigenvalue weighted by Gasteiger charge is -2.27. The van der Waals surface area contributed by atoms with E-state index >= 15 is 0 Å². The Balaban J connectivity index is 1.32. The van der Waals surface area contributed by atoms with Crippen LogP contribution in [0.5, 0.6) is 5.75 Å². The van der Waals surface area contributed by atoms with Crippen molar-refractivity contribution >= 4 is 22.6 Å². The third-order valence-electron chi connectivity index (χ3n) is 6.86. The lowest BCUT2D eigenvalue weighted by atomic mass is 9.89. The molecule has 1 fully saturated rings. The Kier molecular flexibility index (Phi) is 6.54. The second kappa shape index (κ2) is 9.93. The van der Waals surface area contributed by atoms with Crippen molar-refractivity contribution in [2.24, 2.45) is 0 Å². The number of imidazole rings is 1. The number of ketones is 1. The fourth-order valence-corrected chi connectivity index (χ4v) is 4.91. The van der Waals surface area contributed by atoms with Crippen molar-refractivity contribution in [3.63, 3.8) is 0 Å². The fourth-order valence-electron chi connectivity index (χ4n) is 4.91. The standard InChI is InChI=1S/C27H29N5O4/c1-17-7-8-18-14-19(24(35-2)15-21(18)29-17)22-16-28-26(30-22)27(12-9-25(34)31-27)11-5-3-4-6-23(33)20-10-13-36-32-20/h7-8,10,13-16H,3-6,9,11-12H2,1-2H3,(H,28,30)(H,31,34)/t27-/m1/s1. The molecule has 1 aliphatic heterocycles. The molecular weight excluding hydrogens is 458 g/mol. The maximum atomic E-state index is 12.3. The SMILES string of the molecule is COc1cc2nc(C)ccc2cc1-c1cnc([C@@]2(CCCCCC(=O)c3ccon3)CCC(=O)N2)[nH]1. The van der Waals surface area contributed by atoms with E-state index in [4.69, 9.17) is 14.2 Å². The van der Waals surface area contributed by atoms with Gasteiger partial charge in [-0.1, -0.05) is 24.1 Å². The molecule has 0 spiro atoms. The molecule has 4 heterocycles. The van der Waals surface area contributed by atoms with Gasteiger partial charge in [0, 0.05) is 41.6 Å². The number of Topliss-reactive ketones (excluding diaryl/α,β-unsaturated/α-hetero) is 1. The number of aromatic amines is 1. The van der Waals surface area contributed by atoms with Gasteiger partial charge in [0.15, 0.2) is 5.78 Å². The second-order valence-corrected chi connectivity index (χ2v) is 9.34. The van der Waals surface area contributed by atoms with Crippen LogP contribution in [0.4, 0.5) is 0 Å². The van der Waals surface area contributed by atoms with E-state index in [1.54, 1.807) is 19.4 Å². The van der Waals surface area contributed by atoms with E-state index in [2.05, 4.69) is 20.4 Å². The molecule has 0 aliphatic carbocycles. The first-order valence-electron chi connectivity index (χ1n) is 12.2. The van der Waals surface area contributed by atoms with E-state index in [0.717, 1.165) is 59.4 Å². The Hall–Kier alpha value is -4.01. The summed E-state index contributed by atoms with van der Waals surface area (Å²) in [5.74, 6) is 1.46. The molecule has 0 radical (unpaired) electrons. The topological polar surface area (TPSA) is 123 Å². The quantitative estimate of drug-likeness (QED) is 0.242. The van der Waals surface area contributed by atoms with Crippen LogP contribution in [0, 0.1) is 6.92 Å². The number of nitrogens with one attached hydrogen (secondary N) is 2. The maximum Gasteiger partial charge on any atom is 0.220 e.